The van der Waals surface area contributed by atoms with Crippen molar-refractivity contribution in [1.29, 1.82) is 0 Å². The second kappa shape index (κ2) is 34.0. The first-order valence-electron chi connectivity index (χ1n) is 28.2. The van der Waals surface area contributed by atoms with E-state index in [1.54, 1.807) is 60.8 Å². The Morgan fingerprint density at radius 2 is 1.22 bits per heavy atom. The quantitative estimate of drug-likeness (QED) is 0.0191. The maximum Gasteiger partial charge on any atom is 0.326 e. The van der Waals surface area contributed by atoms with E-state index in [1.807, 2.05) is 0 Å². The van der Waals surface area contributed by atoms with E-state index < -0.39 is 170 Å². The molecule has 0 spiro atoms. The lowest BCUT2D eigenvalue weighted by molar-refractivity contribution is -0.143. The molecule has 31 heteroatoms. The van der Waals surface area contributed by atoms with E-state index in [4.69, 9.17) is 17.2 Å². The molecule has 0 saturated carbocycles. The number of benzene rings is 2. The minimum absolute atomic E-state index is 0.0242. The number of hydrogen-bond donors (Lipinski definition) is 17. The highest BCUT2D eigenvalue weighted by atomic mass is 16.4. The van der Waals surface area contributed by atoms with Crippen LogP contribution in [0.2, 0.25) is 0 Å². The van der Waals surface area contributed by atoms with E-state index in [2.05, 4.69) is 57.5 Å². The molecule has 0 bridgehead atoms. The van der Waals surface area contributed by atoms with Crippen LogP contribution in [0.25, 0.3) is 10.9 Å². The number of carbonyl (C=O) groups is 12. The Balaban J connectivity index is 1.36. The van der Waals surface area contributed by atoms with E-state index in [1.165, 1.54) is 19.4 Å². The normalized spacial score (nSPS) is 16.0. The van der Waals surface area contributed by atoms with Gasteiger partial charge in [-0.1, -0.05) is 48.5 Å². The van der Waals surface area contributed by atoms with E-state index >= 15 is 0 Å². The maximum atomic E-state index is 14.7. The number of aliphatic carboxylic acids is 2. The molecule has 1 aliphatic heterocycles. The summed E-state index contributed by atoms with van der Waals surface area (Å²) in [7, 11) is 0. The first kappa shape index (κ1) is 68.5. The Labute approximate surface area is 498 Å². The summed E-state index contributed by atoms with van der Waals surface area (Å²) in [6.07, 6.45) is 2.59. The fraction of sp³-hybridized carbons (Fsp3) is 0.482. The number of carbonyl (C=O) groups excluding carboxylic acids is 10. The molecule has 1 saturated heterocycles. The number of likely N-dealkylation sites (tertiary alicyclic amines) is 1. The predicted molar refractivity (Wildman–Crippen MR) is 308 cm³/mol. The average molecular weight is 1220 g/mol. The van der Waals surface area contributed by atoms with E-state index in [-0.39, 0.29) is 51.6 Å². The number of unbranched alkanes of at least 4 members (excludes halogenated alkanes) is 1. The third-order valence-corrected chi connectivity index (χ3v) is 14.3. The molecule has 0 unspecified atom stereocenters. The number of amides is 10. The Morgan fingerprint density at radius 1 is 0.632 bits per heavy atom. The number of aliphatic hydroxyl groups excluding tert-OH is 2. The summed E-state index contributed by atoms with van der Waals surface area (Å²) in [6.45, 7) is -0.226. The number of nitrogens with zero attached hydrogens (tertiary/aromatic N) is 2. The van der Waals surface area contributed by atoms with Crippen molar-refractivity contribution in [2.45, 2.75) is 144 Å². The van der Waals surface area contributed by atoms with Gasteiger partial charge in [0, 0.05) is 67.6 Å². The molecule has 472 valence electrons. The third kappa shape index (κ3) is 21.0. The summed E-state index contributed by atoms with van der Waals surface area (Å²) in [5, 5.41) is 59.7. The summed E-state index contributed by atoms with van der Waals surface area (Å²) in [6, 6.07) is 0.417. The van der Waals surface area contributed by atoms with Gasteiger partial charge < -0.3 is 95.0 Å². The van der Waals surface area contributed by atoms with Crippen molar-refractivity contribution in [1.82, 2.24) is 62.4 Å². The van der Waals surface area contributed by atoms with Gasteiger partial charge in [0.1, 0.15) is 60.4 Å². The molecule has 10 amide bonds. The van der Waals surface area contributed by atoms with Crippen LogP contribution in [-0.2, 0) is 76.8 Å². The van der Waals surface area contributed by atoms with Gasteiger partial charge in [0.15, 0.2) is 0 Å². The molecule has 87 heavy (non-hydrogen) atoms. The smallest absolute Gasteiger partial charge is 0.326 e. The first-order valence-corrected chi connectivity index (χ1v) is 28.2. The molecule has 31 nitrogen and oxygen atoms in total. The van der Waals surface area contributed by atoms with Gasteiger partial charge in [-0.15, -0.1) is 0 Å². The van der Waals surface area contributed by atoms with Crippen molar-refractivity contribution in [3.05, 3.63) is 90.1 Å². The molecule has 2 aromatic heterocycles. The lowest BCUT2D eigenvalue weighted by Crippen LogP contribution is -2.61. The van der Waals surface area contributed by atoms with Crippen LogP contribution < -0.4 is 59.7 Å². The van der Waals surface area contributed by atoms with E-state index in [0.717, 1.165) is 4.90 Å². The summed E-state index contributed by atoms with van der Waals surface area (Å²) in [5.41, 5.74) is 18.7. The highest BCUT2D eigenvalue weighted by molar-refractivity contribution is 5.99. The van der Waals surface area contributed by atoms with Gasteiger partial charge in [0.25, 0.3) is 0 Å². The van der Waals surface area contributed by atoms with Crippen molar-refractivity contribution in [2.24, 2.45) is 17.2 Å². The van der Waals surface area contributed by atoms with E-state index in [9.17, 15) is 78.0 Å². The number of nitrogens with two attached hydrogens (primary N) is 3. The molecular weight excluding hydrogens is 1140 g/mol. The van der Waals surface area contributed by atoms with Gasteiger partial charge in [0.05, 0.1) is 19.5 Å². The molecular formula is C56H77N15O16. The largest absolute Gasteiger partial charge is 0.481 e. The molecule has 0 radical (unpaired) electrons. The number of hydrogen-bond acceptors (Lipinski definition) is 17. The number of para-hydroxylation sites is 1. The Hall–Kier alpha value is -9.33. The molecule has 20 N–H and O–H groups in total. The second-order valence-corrected chi connectivity index (χ2v) is 20.9. The monoisotopic (exact) mass is 1220 g/mol. The molecule has 0 aliphatic carbocycles. The Bertz CT molecular complexity index is 3030. The number of aliphatic hydroxyl groups is 2. The first-order chi connectivity index (χ1) is 41.5. The predicted octanol–water partition coefficient (Wildman–Crippen LogP) is -4.54. The van der Waals surface area contributed by atoms with Crippen molar-refractivity contribution in [3.8, 4) is 0 Å². The van der Waals surface area contributed by atoms with Crippen LogP contribution in [0.15, 0.2) is 73.3 Å². The number of primary amides is 1. The summed E-state index contributed by atoms with van der Waals surface area (Å²) < 4.78 is 0. The van der Waals surface area contributed by atoms with Crippen LogP contribution in [0.4, 0.5) is 0 Å². The number of imidazole rings is 1. The zero-order valence-corrected chi connectivity index (χ0v) is 47.8. The van der Waals surface area contributed by atoms with Gasteiger partial charge in [0.2, 0.25) is 59.1 Å². The molecule has 1 fully saturated rings. The second-order valence-electron chi connectivity index (χ2n) is 20.9. The van der Waals surface area contributed by atoms with Crippen LogP contribution >= 0.6 is 0 Å². The Morgan fingerprint density at radius 3 is 1.85 bits per heavy atom. The van der Waals surface area contributed by atoms with Crippen LogP contribution in [0.3, 0.4) is 0 Å². The van der Waals surface area contributed by atoms with Crippen LogP contribution in [0, 0.1) is 0 Å². The standard InChI is InChI=1S/C56H77N15O16/c1-30(63-48(78)35(58)27-72)47(77)67-41(23-32-25-61-36-13-6-5-12-34(32)36)52(82)70-43(28-73)53(83)69-42(24-33-26-60-29-62-33)55(85)71-21-9-15-44(71)54(84)65-37(16-18-45(59)74)50(80)68-40(22-31-10-3-2-4-11-31)51(81)64-38(17-19-46(75)76)49(79)66-39(56(86)87)14-7-8-20-57/h2-6,10-13,25-26,29-30,35,37-44,61,72-73H,7-9,14-24,27-28,57-58H2,1H3,(H2,59,74)(H,60,62)(H,63,78)(H,64,81)(H,65,84)(H,66,79)(H,67,77)(H,68,80)(H,69,83)(H,70,82)(H,75,76)(H,86,87)/t30-,35-,37-,38-,39-,40-,41-,42-,43-,44-/m0/s1. The topological polar surface area (TPSA) is 508 Å². The number of carboxylic acid groups (broad SMARTS) is 2. The summed E-state index contributed by atoms with van der Waals surface area (Å²) in [5.74, 6) is -12.1. The molecule has 10 atom stereocenters. The number of nitrogens with one attached hydrogen (secondary N) is 10. The number of aromatic nitrogens is 3. The Kier molecular flexibility index (Phi) is 26.7. The summed E-state index contributed by atoms with van der Waals surface area (Å²) in [4.78, 5) is 173. The van der Waals surface area contributed by atoms with Crippen molar-refractivity contribution in [3.63, 3.8) is 0 Å². The SMILES string of the molecule is C[C@H](NC(=O)[C@@H](N)CO)C(=O)N[C@@H](Cc1c[nH]c2ccccc12)C(=O)N[C@@H](CO)C(=O)N[C@@H](Cc1cnc[nH]1)C(=O)N1CCC[C@H]1C(=O)N[C@@H](CCC(N)=O)C(=O)N[C@@H](Cc1ccccc1)C(=O)N[C@@H](CCC(=O)O)C(=O)N[C@@H](CCCCN)C(=O)O. The number of fused-ring (bicyclic) bond motifs is 1. The highest BCUT2D eigenvalue weighted by Gasteiger charge is 2.41. The van der Waals surface area contributed by atoms with Crippen LogP contribution in [0.5, 0.6) is 0 Å². The molecule has 5 rings (SSSR count). The fourth-order valence-electron chi connectivity index (χ4n) is 9.54. The van der Waals surface area contributed by atoms with Gasteiger partial charge in [-0.2, -0.15) is 0 Å². The third-order valence-electron chi connectivity index (χ3n) is 14.3. The highest BCUT2D eigenvalue weighted by Crippen LogP contribution is 2.22. The minimum Gasteiger partial charge on any atom is -0.481 e. The number of rotatable bonds is 36. The molecule has 2 aromatic carbocycles. The van der Waals surface area contributed by atoms with Crippen LogP contribution in [0.1, 0.15) is 81.5 Å². The van der Waals surface area contributed by atoms with Crippen LogP contribution in [-0.4, -0.2) is 198 Å². The van der Waals surface area contributed by atoms with Crippen molar-refractivity contribution >= 4 is 81.9 Å². The number of carboxylic acids is 2. The number of H-pyrrole nitrogens is 2. The number of aromatic amines is 2. The van der Waals surface area contributed by atoms with Gasteiger partial charge in [-0.3, -0.25) is 52.7 Å². The maximum absolute atomic E-state index is 14.7. The van der Waals surface area contributed by atoms with E-state index in [0.29, 0.717) is 40.6 Å². The molecule has 3 heterocycles. The fourth-order valence-corrected chi connectivity index (χ4v) is 9.54. The average Bonchev–Trinajstić information content (AvgIpc) is 2.19. The lowest BCUT2D eigenvalue weighted by atomic mass is 10.0. The van der Waals surface area contributed by atoms with Crippen molar-refractivity contribution < 1.29 is 78.0 Å². The lowest BCUT2D eigenvalue weighted by Gasteiger charge is -2.31. The molecule has 1 aliphatic rings. The zero-order valence-electron chi connectivity index (χ0n) is 47.8. The summed E-state index contributed by atoms with van der Waals surface area (Å²) >= 11 is 0. The van der Waals surface area contributed by atoms with Crippen molar-refractivity contribution in [2.75, 3.05) is 26.3 Å². The van der Waals surface area contributed by atoms with Gasteiger partial charge >= 0.3 is 11.9 Å². The molecule has 4 aromatic rings. The minimum atomic E-state index is -1.76. The van der Waals surface area contributed by atoms with Gasteiger partial charge in [-0.25, -0.2) is 9.78 Å². The van der Waals surface area contributed by atoms with Gasteiger partial charge in [-0.05, 0) is 75.6 Å². The zero-order chi connectivity index (χ0) is 63.7.